The summed E-state index contributed by atoms with van der Waals surface area (Å²) in [6.45, 7) is -0.161. The minimum absolute atomic E-state index is 0.161. The second-order valence-corrected chi connectivity index (χ2v) is 6.98. The normalized spacial score (nSPS) is 10.4. The van der Waals surface area contributed by atoms with Gasteiger partial charge in [-0.3, -0.25) is 10.1 Å². The smallest absolute Gasteiger partial charge is 0.264 e. The maximum atomic E-state index is 13.0. The Kier molecular flexibility index (Phi) is 5.95. The Hall–Kier alpha value is -3.78. The van der Waals surface area contributed by atoms with Crippen LogP contribution in [0, 0.1) is 5.82 Å². The Morgan fingerprint density at radius 2 is 1.77 bits per heavy atom. The van der Waals surface area contributed by atoms with Gasteiger partial charge in [-0.05, 0) is 54.6 Å². The van der Waals surface area contributed by atoms with Crippen LogP contribution < -0.4 is 14.8 Å². The molecule has 0 bridgehead atoms. The Morgan fingerprint density at radius 1 is 1.00 bits per heavy atom. The maximum absolute atomic E-state index is 13.0. The fraction of sp³-hybridized carbons (Fsp3) is 0.0455. The average molecular weight is 421 g/mol. The summed E-state index contributed by atoms with van der Waals surface area (Å²) in [5.41, 5.74) is 1.44. The molecule has 0 saturated carbocycles. The summed E-state index contributed by atoms with van der Waals surface area (Å²) in [6.07, 6.45) is 1.65. The number of nitrogens with one attached hydrogen (secondary N) is 1. The first-order valence-corrected chi connectivity index (χ1v) is 9.87. The van der Waals surface area contributed by atoms with Gasteiger partial charge in [0.1, 0.15) is 17.3 Å². The average Bonchev–Trinajstić information content (AvgIpc) is 3.23. The zero-order valence-corrected chi connectivity index (χ0v) is 16.4. The molecular weight excluding hydrogens is 405 g/mol. The van der Waals surface area contributed by atoms with Gasteiger partial charge in [-0.1, -0.05) is 6.07 Å². The van der Waals surface area contributed by atoms with Crippen LogP contribution in [0.15, 0.2) is 78.3 Å². The molecule has 150 valence electrons. The highest BCUT2D eigenvalue weighted by Crippen LogP contribution is 2.25. The van der Waals surface area contributed by atoms with Crippen molar-refractivity contribution in [2.24, 2.45) is 0 Å². The molecular formula is C22H16FN3O3S. The van der Waals surface area contributed by atoms with Gasteiger partial charge < -0.3 is 9.47 Å². The molecule has 8 heteroatoms. The minimum Gasteiger partial charge on any atom is -0.484 e. The fourth-order valence-electron chi connectivity index (χ4n) is 2.52. The van der Waals surface area contributed by atoms with E-state index in [0.29, 0.717) is 28.2 Å². The van der Waals surface area contributed by atoms with Crippen LogP contribution in [0.3, 0.4) is 0 Å². The first-order valence-electron chi connectivity index (χ1n) is 8.99. The van der Waals surface area contributed by atoms with E-state index < -0.39 is 0 Å². The summed E-state index contributed by atoms with van der Waals surface area (Å²) in [6, 6.07) is 18.3. The molecule has 1 amide bonds. The van der Waals surface area contributed by atoms with Crippen molar-refractivity contribution in [3.05, 3.63) is 84.1 Å². The van der Waals surface area contributed by atoms with Crippen LogP contribution in [0.4, 0.5) is 9.52 Å². The minimum atomic E-state index is -0.330. The molecule has 0 radical (unpaired) electrons. The number of hydrogen-bond acceptors (Lipinski definition) is 6. The van der Waals surface area contributed by atoms with Crippen LogP contribution in [-0.2, 0) is 4.79 Å². The van der Waals surface area contributed by atoms with E-state index in [-0.39, 0.29) is 18.3 Å². The molecule has 0 spiro atoms. The second-order valence-electron chi connectivity index (χ2n) is 6.12. The third-order valence-electron chi connectivity index (χ3n) is 3.94. The Labute approximate surface area is 176 Å². The lowest BCUT2D eigenvalue weighted by Gasteiger charge is -2.07. The Balaban J connectivity index is 1.28. The molecule has 4 aromatic rings. The number of anilines is 1. The standard InChI is InChI=1S/C22H16FN3O3S/c23-16-6-4-15(5-7-16)19-14-30-22(25-19)26-20(27)13-28-17-8-10-18(11-9-17)29-21-3-1-2-12-24-21/h1-12,14H,13H2,(H,25,26,27). The van der Waals surface area contributed by atoms with Crippen LogP contribution in [0.5, 0.6) is 17.4 Å². The summed E-state index contributed by atoms with van der Waals surface area (Å²) in [5.74, 6) is 1.00. The van der Waals surface area contributed by atoms with Gasteiger partial charge in [0.15, 0.2) is 11.7 Å². The monoisotopic (exact) mass is 421 g/mol. The molecule has 0 saturated heterocycles. The quantitative estimate of drug-likeness (QED) is 0.447. The zero-order chi connectivity index (χ0) is 20.8. The molecule has 2 heterocycles. The van der Waals surface area contributed by atoms with Crippen LogP contribution in [0.1, 0.15) is 0 Å². The van der Waals surface area contributed by atoms with Crippen LogP contribution in [-0.4, -0.2) is 22.5 Å². The topological polar surface area (TPSA) is 73.3 Å². The van der Waals surface area contributed by atoms with Crippen molar-refractivity contribution in [1.82, 2.24) is 9.97 Å². The van der Waals surface area contributed by atoms with Gasteiger partial charge in [0.25, 0.3) is 5.91 Å². The number of halogens is 1. The number of amides is 1. The molecule has 0 aliphatic heterocycles. The van der Waals surface area contributed by atoms with E-state index in [9.17, 15) is 9.18 Å². The second kappa shape index (κ2) is 9.15. The lowest BCUT2D eigenvalue weighted by Crippen LogP contribution is -2.20. The molecule has 0 aliphatic carbocycles. The van der Waals surface area contributed by atoms with Crippen molar-refractivity contribution in [2.75, 3.05) is 11.9 Å². The third kappa shape index (κ3) is 5.18. The van der Waals surface area contributed by atoms with Crippen LogP contribution >= 0.6 is 11.3 Å². The first kappa shape index (κ1) is 19.5. The SMILES string of the molecule is O=C(COc1ccc(Oc2ccccn2)cc1)Nc1nc(-c2ccc(F)cc2)cs1. The van der Waals surface area contributed by atoms with E-state index in [1.165, 1.54) is 23.5 Å². The van der Waals surface area contributed by atoms with Crippen molar-refractivity contribution < 1.29 is 18.7 Å². The highest BCUT2D eigenvalue weighted by atomic mass is 32.1. The largest absolute Gasteiger partial charge is 0.484 e. The highest BCUT2D eigenvalue weighted by Gasteiger charge is 2.09. The first-order chi connectivity index (χ1) is 14.7. The van der Waals surface area contributed by atoms with Crippen molar-refractivity contribution >= 4 is 22.4 Å². The van der Waals surface area contributed by atoms with Crippen LogP contribution in [0.25, 0.3) is 11.3 Å². The number of carbonyl (C=O) groups excluding carboxylic acids is 1. The number of rotatable bonds is 7. The van der Waals surface area contributed by atoms with E-state index >= 15 is 0 Å². The highest BCUT2D eigenvalue weighted by molar-refractivity contribution is 7.14. The number of hydrogen-bond donors (Lipinski definition) is 1. The molecule has 2 aromatic carbocycles. The van der Waals surface area contributed by atoms with Gasteiger partial charge in [0, 0.05) is 23.2 Å². The van der Waals surface area contributed by atoms with Gasteiger partial charge >= 0.3 is 0 Å². The summed E-state index contributed by atoms with van der Waals surface area (Å²) in [5, 5.41) is 4.94. The molecule has 4 rings (SSSR count). The van der Waals surface area contributed by atoms with Gasteiger partial charge in [-0.2, -0.15) is 0 Å². The van der Waals surface area contributed by atoms with Gasteiger partial charge in [0.05, 0.1) is 5.69 Å². The summed E-state index contributed by atoms with van der Waals surface area (Å²) in [7, 11) is 0. The predicted molar refractivity (Wildman–Crippen MR) is 112 cm³/mol. The number of benzene rings is 2. The number of pyridine rings is 1. The molecule has 6 nitrogen and oxygen atoms in total. The van der Waals surface area contributed by atoms with E-state index in [4.69, 9.17) is 9.47 Å². The van der Waals surface area contributed by atoms with Gasteiger partial charge in [0.2, 0.25) is 5.88 Å². The van der Waals surface area contributed by atoms with Crippen LogP contribution in [0.2, 0.25) is 0 Å². The van der Waals surface area contributed by atoms with Crippen molar-refractivity contribution in [3.63, 3.8) is 0 Å². The molecule has 0 unspecified atom stereocenters. The van der Waals surface area contributed by atoms with E-state index in [2.05, 4.69) is 15.3 Å². The van der Waals surface area contributed by atoms with E-state index in [1.807, 2.05) is 12.1 Å². The Bertz CT molecular complexity index is 1120. The summed E-state index contributed by atoms with van der Waals surface area (Å²) >= 11 is 1.29. The van der Waals surface area contributed by atoms with E-state index in [1.54, 1.807) is 54.0 Å². The molecule has 30 heavy (non-hydrogen) atoms. The van der Waals surface area contributed by atoms with Gasteiger partial charge in [-0.15, -0.1) is 11.3 Å². The zero-order valence-electron chi connectivity index (χ0n) is 15.6. The number of ether oxygens (including phenoxy) is 2. The van der Waals surface area contributed by atoms with Crippen molar-refractivity contribution in [2.45, 2.75) is 0 Å². The third-order valence-corrected chi connectivity index (χ3v) is 4.70. The molecule has 0 aliphatic rings. The van der Waals surface area contributed by atoms with Crippen molar-refractivity contribution in [1.29, 1.82) is 0 Å². The lowest BCUT2D eigenvalue weighted by atomic mass is 10.2. The lowest BCUT2D eigenvalue weighted by molar-refractivity contribution is -0.118. The number of thiazole rings is 1. The van der Waals surface area contributed by atoms with Gasteiger partial charge in [-0.25, -0.2) is 14.4 Å². The summed E-state index contributed by atoms with van der Waals surface area (Å²) in [4.78, 5) is 20.6. The predicted octanol–water partition coefficient (Wildman–Crippen LogP) is 5.15. The molecule has 0 fully saturated rings. The maximum Gasteiger partial charge on any atom is 0.264 e. The van der Waals surface area contributed by atoms with Crippen molar-refractivity contribution in [3.8, 4) is 28.6 Å². The number of nitrogens with zero attached hydrogens (tertiary/aromatic N) is 2. The fourth-order valence-corrected chi connectivity index (χ4v) is 3.26. The molecule has 1 N–H and O–H groups in total. The number of aromatic nitrogens is 2. The molecule has 0 atom stereocenters. The summed E-state index contributed by atoms with van der Waals surface area (Å²) < 4.78 is 24.1. The number of carbonyl (C=O) groups is 1. The molecule has 2 aromatic heterocycles. The van der Waals surface area contributed by atoms with E-state index in [0.717, 1.165) is 5.56 Å². The Morgan fingerprint density at radius 3 is 2.50 bits per heavy atom.